The molecule has 0 unspecified atom stereocenters. The zero-order valence-corrected chi connectivity index (χ0v) is 16.8. The van der Waals surface area contributed by atoms with Gasteiger partial charge in [0.25, 0.3) is 0 Å². The van der Waals surface area contributed by atoms with Crippen molar-refractivity contribution in [2.45, 2.75) is 0 Å². The van der Waals surface area contributed by atoms with Crippen LogP contribution in [0.4, 0.5) is 17.2 Å². The van der Waals surface area contributed by atoms with E-state index in [1.165, 1.54) is 5.69 Å². The Morgan fingerprint density at radius 2 is 1.74 bits per heavy atom. The van der Waals surface area contributed by atoms with E-state index < -0.39 is 0 Å². The lowest BCUT2D eigenvalue weighted by Crippen LogP contribution is -2.36. The third kappa shape index (κ3) is 3.40. The number of nitrogens with zero attached hydrogens (tertiary/aromatic N) is 4. The predicted octanol–water partition coefficient (Wildman–Crippen LogP) is 3.71. The van der Waals surface area contributed by atoms with E-state index in [2.05, 4.69) is 39.6 Å². The highest BCUT2D eigenvalue weighted by atomic mass is 16.7. The molecule has 0 spiro atoms. The Morgan fingerprint density at radius 1 is 0.903 bits per heavy atom. The molecule has 0 saturated carbocycles. The molecule has 1 N–H and O–H groups in total. The van der Waals surface area contributed by atoms with Gasteiger partial charge in [-0.05, 0) is 48.0 Å². The van der Waals surface area contributed by atoms with E-state index in [0.29, 0.717) is 0 Å². The summed E-state index contributed by atoms with van der Waals surface area (Å²) >= 11 is 0. The average molecular weight is 415 g/mol. The number of anilines is 3. The molecule has 2 aliphatic heterocycles. The topological polar surface area (TPSA) is 73.2 Å². The summed E-state index contributed by atoms with van der Waals surface area (Å²) in [6.45, 7) is 3.66. The molecule has 4 heterocycles. The minimum Gasteiger partial charge on any atom is -0.454 e. The number of fused-ring (bicyclic) bond motifs is 2. The highest BCUT2D eigenvalue weighted by molar-refractivity contribution is 5.79. The van der Waals surface area contributed by atoms with Crippen LogP contribution < -0.4 is 19.7 Å². The quantitative estimate of drug-likeness (QED) is 0.545. The fourth-order valence-corrected chi connectivity index (χ4v) is 3.93. The van der Waals surface area contributed by atoms with Gasteiger partial charge in [0.05, 0.1) is 19.4 Å². The number of ether oxygens (including phenoxy) is 3. The molecular weight excluding hydrogens is 394 g/mol. The first-order valence-corrected chi connectivity index (χ1v) is 10.3. The van der Waals surface area contributed by atoms with Crippen molar-refractivity contribution >= 4 is 22.8 Å². The molecule has 156 valence electrons. The Labute approximate surface area is 179 Å². The zero-order valence-electron chi connectivity index (χ0n) is 16.8. The summed E-state index contributed by atoms with van der Waals surface area (Å²) in [7, 11) is 0. The van der Waals surface area contributed by atoms with Crippen LogP contribution in [-0.4, -0.2) is 47.7 Å². The van der Waals surface area contributed by atoms with Crippen LogP contribution in [0.15, 0.2) is 60.9 Å². The second kappa shape index (κ2) is 7.48. The molecule has 0 bridgehead atoms. The van der Waals surface area contributed by atoms with Crippen molar-refractivity contribution in [3.8, 4) is 22.6 Å². The summed E-state index contributed by atoms with van der Waals surface area (Å²) in [4.78, 5) is 7.14. The van der Waals surface area contributed by atoms with Gasteiger partial charge >= 0.3 is 0 Å². The Morgan fingerprint density at radius 3 is 2.61 bits per heavy atom. The van der Waals surface area contributed by atoms with Crippen molar-refractivity contribution < 1.29 is 14.2 Å². The molecule has 1 fully saturated rings. The summed E-state index contributed by atoms with van der Waals surface area (Å²) in [5, 5.41) is 7.83. The van der Waals surface area contributed by atoms with Gasteiger partial charge < -0.3 is 24.4 Å². The third-order valence-corrected chi connectivity index (χ3v) is 5.57. The van der Waals surface area contributed by atoms with Crippen molar-refractivity contribution in [3.63, 3.8) is 0 Å². The molecule has 0 radical (unpaired) electrons. The Kier molecular flexibility index (Phi) is 4.35. The van der Waals surface area contributed by atoms with Gasteiger partial charge in [-0.1, -0.05) is 6.07 Å². The van der Waals surface area contributed by atoms with Gasteiger partial charge in [-0.3, -0.25) is 0 Å². The molecule has 2 aromatic heterocycles. The Bertz CT molecular complexity index is 1230. The van der Waals surface area contributed by atoms with Gasteiger partial charge in [-0.2, -0.15) is 5.10 Å². The van der Waals surface area contributed by atoms with Crippen molar-refractivity contribution in [1.29, 1.82) is 0 Å². The highest BCUT2D eigenvalue weighted by Gasteiger charge is 2.16. The lowest BCUT2D eigenvalue weighted by molar-refractivity contribution is 0.122. The highest BCUT2D eigenvalue weighted by Crippen LogP contribution is 2.37. The predicted molar refractivity (Wildman–Crippen MR) is 117 cm³/mol. The van der Waals surface area contributed by atoms with Crippen LogP contribution in [0.25, 0.3) is 16.8 Å². The van der Waals surface area contributed by atoms with Gasteiger partial charge in [0.15, 0.2) is 17.1 Å². The fourth-order valence-electron chi connectivity index (χ4n) is 3.93. The first-order chi connectivity index (χ1) is 15.3. The maximum atomic E-state index is 5.51. The van der Waals surface area contributed by atoms with E-state index in [4.69, 9.17) is 19.2 Å². The van der Waals surface area contributed by atoms with Crippen molar-refractivity contribution in [3.05, 3.63) is 60.9 Å². The molecule has 8 heteroatoms. The molecule has 2 aromatic carbocycles. The van der Waals surface area contributed by atoms with Crippen LogP contribution in [0.1, 0.15) is 0 Å². The Balaban J connectivity index is 1.26. The van der Waals surface area contributed by atoms with Gasteiger partial charge in [-0.15, -0.1) is 0 Å². The molecule has 1 saturated heterocycles. The summed E-state index contributed by atoms with van der Waals surface area (Å²) in [5.74, 6) is 2.26. The van der Waals surface area contributed by atoms with Gasteiger partial charge in [0.1, 0.15) is 5.82 Å². The van der Waals surface area contributed by atoms with Crippen LogP contribution in [0.2, 0.25) is 0 Å². The summed E-state index contributed by atoms with van der Waals surface area (Å²) in [6.07, 6.45) is 3.73. The van der Waals surface area contributed by atoms with E-state index >= 15 is 0 Å². The third-order valence-electron chi connectivity index (χ3n) is 5.57. The SMILES string of the molecule is c1cc(N2CCOCC2)ccc1Nc1ccn2ncc(-c3ccc4c(c3)OCO4)c2n1. The Hall–Kier alpha value is -3.78. The number of rotatable bonds is 4. The summed E-state index contributed by atoms with van der Waals surface area (Å²) < 4.78 is 18.1. The molecule has 4 aromatic rings. The van der Waals surface area contributed by atoms with E-state index in [1.807, 2.05) is 36.7 Å². The second-order valence-electron chi connectivity index (χ2n) is 7.48. The molecule has 0 atom stereocenters. The van der Waals surface area contributed by atoms with E-state index in [0.717, 1.165) is 66.1 Å². The zero-order chi connectivity index (χ0) is 20.6. The monoisotopic (exact) mass is 415 g/mol. The minimum absolute atomic E-state index is 0.254. The van der Waals surface area contributed by atoms with Gasteiger partial charge in [0, 0.05) is 36.2 Å². The number of morpholine rings is 1. The summed E-state index contributed by atoms with van der Waals surface area (Å²) in [6, 6.07) is 16.2. The van der Waals surface area contributed by atoms with Gasteiger partial charge in [0.2, 0.25) is 6.79 Å². The minimum atomic E-state index is 0.254. The first-order valence-electron chi connectivity index (χ1n) is 10.3. The smallest absolute Gasteiger partial charge is 0.231 e. The van der Waals surface area contributed by atoms with Crippen LogP contribution >= 0.6 is 0 Å². The van der Waals surface area contributed by atoms with Crippen LogP contribution in [0.3, 0.4) is 0 Å². The molecule has 2 aliphatic rings. The number of hydrogen-bond acceptors (Lipinski definition) is 7. The normalized spacial score (nSPS) is 15.4. The van der Waals surface area contributed by atoms with Crippen molar-refractivity contribution in [2.24, 2.45) is 0 Å². The van der Waals surface area contributed by atoms with E-state index in [9.17, 15) is 0 Å². The molecule has 8 nitrogen and oxygen atoms in total. The first kappa shape index (κ1) is 18.0. The van der Waals surface area contributed by atoms with E-state index in [1.54, 1.807) is 4.52 Å². The van der Waals surface area contributed by atoms with Crippen LogP contribution in [0, 0.1) is 0 Å². The number of hydrogen-bond donors (Lipinski definition) is 1. The van der Waals surface area contributed by atoms with E-state index in [-0.39, 0.29) is 6.79 Å². The molecule has 31 heavy (non-hydrogen) atoms. The molecule has 0 aliphatic carbocycles. The standard InChI is InChI=1S/C23H21N5O3/c1-6-20-21(31-15-30-20)13-16(1)19-14-24-28-8-7-22(26-23(19)28)25-17-2-4-18(5-3-17)27-9-11-29-12-10-27/h1-8,13-14H,9-12,15H2,(H,25,26). The number of nitrogens with one attached hydrogen (secondary N) is 1. The molecule has 6 rings (SSSR count). The lowest BCUT2D eigenvalue weighted by atomic mass is 10.1. The largest absolute Gasteiger partial charge is 0.454 e. The summed E-state index contributed by atoms with van der Waals surface area (Å²) in [5.41, 5.74) is 4.88. The van der Waals surface area contributed by atoms with Crippen LogP contribution in [0.5, 0.6) is 11.5 Å². The molecular formula is C23H21N5O3. The van der Waals surface area contributed by atoms with Crippen LogP contribution in [-0.2, 0) is 4.74 Å². The van der Waals surface area contributed by atoms with Crippen molar-refractivity contribution in [1.82, 2.24) is 14.6 Å². The average Bonchev–Trinajstić information content (AvgIpc) is 3.46. The molecule has 0 amide bonds. The number of benzene rings is 2. The van der Waals surface area contributed by atoms with Gasteiger partial charge in [-0.25, -0.2) is 9.50 Å². The van der Waals surface area contributed by atoms with Crippen molar-refractivity contribution in [2.75, 3.05) is 43.3 Å². The second-order valence-corrected chi connectivity index (χ2v) is 7.48. The maximum absolute atomic E-state index is 5.51. The fraction of sp³-hybridized carbons (Fsp3) is 0.217. The maximum Gasteiger partial charge on any atom is 0.231 e. The lowest BCUT2D eigenvalue weighted by Gasteiger charge is -2.28. The number of aromatic nitrogens is 3.